The second-order valence-electron chi connectivity index (χ2n) is 3.62. The van der Waals surface area contributed by atoms with Gasteiger partial charge in [0.25, 0.3) is 0 Å². The molecule has 1 heterocycles. The fourth-order valence-electron chi connectivity index (χ4n) is 1.67. The Morgan fingerprint density at radius 2 is 2.08 bits per heavy atom. The molecule has 4 nitrogen and oxygen atoms in total. The van der Waals surface area contributed by atoms with Crippen molar-refractivity contribution < 1.29 is 13.2 Å². The molecule has 0 unspecified atom stereocenters. The standard InChI is InChI=1S/C8H17NO3S/c1-4-12-8(2,3)9-6-5-7-13(9,10)11/h4-7H2,1-3H3. The van der Waals surface area contributed by atoms with E-state index in [2.05, 4.69) is 0 Å². The van der Waals surface area contributed by atoms with Crippen molar-refractivity contribution in [3.8, 4) is 0 Å². The lowest BCUT2D eigenvalue weighted by molar-refractivity contribution is -0.0850. The topological polar surface area (TPSA) is 46.6 Å². The Morgan fingerprint density at radius 1 is 1.46 bits per heavy atom. The molecule has 0 N–H and O–H groups in total. The SMILES string of the molecule is CCOC(C)(C)N1CCCS1(=O)=O. The summed E-state index contributed by atoms with van der Waals surface area (Å²) in [6.07, 6.45) is 0.707. The third kappa shape index (κ3) is 2.21. The molecule has 0 atom stereocenters. The van der Waals surface area contributed by atoms with Gasteiger partial charge in [0.1, 0.15) is 5.72 Å². The van der Waals surface area contributed by atoms with Gasteiger partial charge in [-0.15, -0.1) is 0 Å². The number of sulfonamides is 1. The van der Waals surface area contributed by atoms with Crippen molar-refractivity contribution in [3.63, 3.8) is 0 Å². The molecule has 0 bridgehead atoms. The molecule has 1 aliphatic rings. The summed E-state index contributed by atoms with van der Waals surface area (Å²) in [5.41, 5.74) is -0.690. The molecular formula is C8H17NO3S. The van der Waals surface area contributed by atoms with E-state index < -0.39 is 15.7 Å². The summed E-state index contributed by atoms with van der Waals surface area (Å²) in [6.45, 7) is 6.55. The van der Waals surface area contributed by atoms with Gasteiger partial charge in [-0.05, 0) is 27.2 Å². The molecule has 0 aliphatic carbocycles. The first-order valence-electron chi connectivity index (χ1n) is 4.54. The molecule has 78 valence electrons. The number of hydrogen-bond acceptors (Lipinski definition) is 3. The minimum atomic E-state index is -3.06. The summed E-state index contributed by atoms with van der Waals surface area (Å²) in [5.74, 6) is 0.253. The van der Waals surface area contributed by atoms with Crippen molar-refractivity contribution in [1.82, 2.24) is 4.31 Å². The second kappa shape index (κ2) is 3.55. The molecule has 1 fully saturated rings. The average Bonchev–Trinajstić information content (AvgIpc) is 2.29. The van der Waals surface area contributed by atoms with E-state index in [1.54, 1.807) is 13.8 Å². The Morgan fingerprint density at radius 3 is 2.46 bits per heavy atom. The summed E-state index contributed by atoms with van der Waals surface area (Å²) in [7, 11) is -3.06. The molecule has 0 saturated carbocycles. The molecule has 1 rings (SSSR count). The number of ether oxygens (including phenoxy) is 1. The van der Waals surface area contributed by atoms with Crippen LogP contribution in [0.3, 0.4) is 0 Å². The van der Waals surface area contributed by atoms with Gasteiger partial charge in [-0.3, -0.25) is 0 Å². The lowest BCUT2D eigenvalue weighted by Gasteiger charge is -2.33. The number of hydrogen-bond donors (Lipinski definition) is 0. The molecule has 0 spiro atoms. The fourth-order valence-corrected chi connectivity index (χ4v) is 3.51. The van der Waals surface area contributed by atoms with Crippen molar-refractivity contribution in [3.05, 3.63) is 0 Å². The minimum Gasteiger partial charge on any atom is -0.360 e. The van der Waals surface area contributed by atoms with E-state index in [0.717, 1.165) is 0 Å². The largest absolute Gasteiger partial charge is 0.360 e. The Labute approximate surface area is 79.9 Å². The zero-order chi connectivity index (χ0) is 10.1. The molecule has 5 heteroatoms. The van der Waals surface area contributed by atoms with Gasteiger partial charge in [-0.1, -0.05) is 0 Å². The van der Waals surface area contributed by atoms with Gasteiger partial charge in [0.15, 0.2) is 0 Å². The minimum absolute atomic E-state index is 0.253. The molecule has 0 amide bonds. The van der Waals surface area contributed by atoms with Crippen LogP contribution < -0.4 is 0 Å². The van der Waals surface area contributed by atoms with Crippen LogP contribution in [0, 0.1) is 0 Å². The maximum absolute atomic E-state index is 11.5. The highest BCUT2D eigenvalue weighted by molar-refractivity contribution is 7.89. The van der Waals surface area contributed by atoms with Crippen molar-refractivity contribution in [2.75, 3.05) is 18.9 Å². The van der Waals surface area contributed by atoms with Gasteiger partial charge in [0.05, 0.1) is 5.75 Å². The van der Waals surface area contributed by atoms with E-state index in [4.69, 9.17) is 4.74 Å². The Hall–Kier alpha value is -0.130. The van der Waals surface area contributed by atoms with Crippen LogP contribution in [0.4, 0.5) is 0 Å². The first-order chi connectivity index (χ1) is 5.90. The highest BCUT2D eigenvalue weighted by atomic mass is 32.2. The molecule has 0 aromatic rings. The summed E-state index contributed by atoms with van der Waals surface area (Å²) in [5, 5.41) is 0. The molecule has 0 aromatic carbocycles. The Balaban J connectivity index is 2.82. The van der Waals surface area contributed by atoms with Crippen LogP contribution in [-0.4, -0.2) is 37.4 Å². The zero-order valence-corrected chi connectivity index (χ0v) is 9.23. The van der Waals surface area contributed by atoms with Crippen molar-refractivity contribution in [2.24, 2.45) is 0 Å². The molecule has 0 aromatic heterocycles. The Kier molecular flexibility index (Phi) is 2.99. The predicted molar refractivity (Wildman–Crippen MR) is 50.8 cm³/mol. The van der Waals surface area contributed by atoms with E-state index in [-0.39, 0.29) is 5.75 Å². The van der Waals surface area contributed by atoms with Gasteiger partial charge < -0.3 is 4.74 Å². The summed E-state index contributed by atoms with van der Waals surface area (Å²) in [6, 6.07) is 0. The summed E-state index contributed by atoms with van der Waals surface area (Å²) < 4.78 is 29.9. The van der Waals surface area contributed by atoms with Crippen LogP contribution in [0.5, 0.6) is 0 Å². The normalized spacial score (nSPS) is 23.6. The van der Waals surface area contributed by atoms with Gasteiger partial charge in [0, 0.05) is 13.2 Å². The van der Waals surface area contributed by atoms with Gasteiger partial charge in [-0.2, -0.15) is 4.31 Å². The summed E-state index contributed by atoms with van der Waals surface area (Å²) in [4.78, 5) is 0. The zero-order valence-electron chi connectivity index (χ0n) is 8.41. The quantitative estimate of drug-likeness (QED) is 0.687. The average molecular weight is 207 g/mol. The van der Waals surface area contributed by atoms with Gasteiger partial charge in [0.2, 0.25) is 10.0 Å². The maximum Gasteiger partial charge on any atom is 0.216 e. The molecule has 1 saturated heterocycles. The smallest absolute Gasteiger partial charge is 0.216 e. The van der Waals surface area contributed by atoms with E-state index in [9.17, 15) is 8.42 Å². The highest BCUT2D eigenvalue weighted by Gasteiger charge is 2.40. The van der Waals surface area contributed by atoms with Crippen molar-refractivity contribution >= 4 is 10.0 Å². The van der Waals surface area contributed by atoms with Crippen LogP contribution in [0.15, 0.2) is 0 Å². The second-order valence-corrected chi connectivity index (χ2v) is 5.63. The molecule has 0 radical (unpaired) electrons. The number of rotatable bonds is 3. The lowest BCUT2D eigenvalue weighted by atomic mass is 10.3. The molecule has 1 aliphatic heterocycles. The third-order valence-corrected chi connectivity index (χ3v) is 4.30. The number of nitrogens with zero attached hydrogens (tertiary/aromatic N) is 1. The first kappa shape index (κ1) is 10.9. The van der Waals surface area contributed by atoms with Crippen molar-refractivity contribution in [1.29, 1.82) is 0 Å². The third-order valence-electron chi connectivity index (χ3n) is 2.20. The van der Waals surface area contributed by atoms with Crippen LogP contribution in [0.2, 0.25) is 0 Å². The van der Waals surface area contributed by atoms with Gasteiger partial charge >= 0.3 is 0 Å². The van der Waals surface area contributed by atoms with E-state index >= 15 is 0 Å². The van der Waals surface area contributed by atoms with Crippen LogP contribution in [0.1, 0.15) is 27.2 Å². The maximum atomic E-state index is 11.5. The van der Waals surface area contributed by atoms with Crippen LogP contribution in [0.25, 0.3) is 0 Å². The fraction of sp³-hybridized carbons (Fsp3) is 1.00. The van der Waals surface area contributed by atoms with E-state index in [1.165, 1.54) is 4.31 Å². The monoisotopic (exact) mass is 207 g/mol. The highest BCUT2D eigenvalue weighted by Crippen LogP contribution is 2.25. The first-order valence-corrected chi connectivity index (χ1v) is 6.15. The van der Waals surface area contributed by atoms with E-state index in [1.807, 2.05) is 6.92 Å². The lowest BCUT2D eigenvalue weighted by Crippen LogP contribution is -2.46. The van der Waals surface area contributed by atoms with Gasteiger partial charge in [-0.25, -0.2) is 8.42 Å². The predicted octanol–water partition coefficient (Wildman–Crippen LogP) is 0.794. The molecular weight excluding hydrogens is 190 g/mol. The van der Waals surface area contributed by atoms with Crippen molar-refractivity contribution in [2.45, 2.75) is 32.9 Å². The van der Waals surface area contributed by atoms with Crippen LogP contribution in [-0.2, 0) is 14.8 Å². The Bertz CT molecular complexity index is 271. The summed E-state index contributed by atoms with van der Waals surface area (Å²) >= 11 is 0. The van der Waals surface area contributed by atoms with Crippen LogP contribution >= 0.6 is 0 Å². The van der Waals surface area contributed by atoms with E-state index in [0.29, 0.717) is 19.6 Å². The molecule has 13 heavy (non-hydrogen) atoms.